The van der Waals surface area contributed by atoms with Crippen LogP contribution in [0.25, 0.3) is 0 Å². The molecule has 2 amide bonds. The van der Waals surface area contributed by atoms with Crippen molar-refractivity contribution < 1.29 is 40.6 Å². The van der Waals surface area contributed by atoms with E-state index in [0.29, 0.717) is 49.1 Å². The molecule has 2 aromatic carbocycles. The summed E-state index contributed by atoms with van der Waals surface area (Å²) in [6, 6.07) is 7.02. The molecule has 2 heterocycles. The fourth-order valence-corrected chi connectivity index (χ4v) is 4.12. The molecule has 4 rings (SSSR count). The first kappa shape index (κ1) is 28.8. The quantitative estimate of drug-likeness (QED) is 0.312. The summed E-state index contributed by atoms with van der Waals surface area (Å²) in [6.45, 7) is 3.44. The monoisotopic (exact) mass is 569 g/mol. The summed E-state index contributed by atoms with van der Waals surface area (Å²) >= 11 is 0. The summed E-state index contributed by atoms with van der Waals surface area (Å²) < 4.78 is 90.4. The highest BCUT2D eigenvalue weighted by Crippen LogP contribution is 2.37. The maximum atomic E-state index is 13.1. The van der Waals surface area contributed by atoms with Gasteiger partial charge in [-0.3, -0.25) is 10.3 Å². The molecule has 1 aliphatic heterocycles. The average Bonchev–Trinajstić information content (AvgIpc) is 2.89. The third kappa shape index (κ3) is 7.45. The van der Waals surface area contributed by atoms with Gasteiger partial charge in [0.25, 0.3) is 0 Å². The number of amides is 2. The lowest BCUT2D eigenvalue weighted by Crippen LogP contribution is -2.41. The standard InChI is InChI=1S/C26H25F6N5O3/c1-2-39-20-7-3-4-8-21(20)40-19-6-5-9-37(15-19)23-14-33-13-22(35-23)36-24(38)34-18-11-16(25(27,28)29)10-17(12-18)26(30,31)32/h3-4,7-8,10-14,19H,2,5-6,9,15H2,1H3,(H2,34,35,36,38)/t19-/m1/s1. The Hall–Kier alpha value is -4.23. The molecule has 40 heavy (non-hydrogen) atoms. The fourth-order valence-electron chi connectivity index (χ4n) is 4.12. The number of halogens is 6. The van der Waals surface area contributed by atoms with Gasteiger partial charge in [0.2, 0.25) is 0 Å². The van der Waals surface area contributed by atoms with Gasteiger partial charge in [0, 0.05) is 12.2 Å². The highest BCUT2D eigenvalue weighted by atomic mass is 19.4. The Bertz CT molecular complexity index is 1300. The number of nitrogens with zero attached hydrogens (tertiary/aromatic N) is 3. The minimum absolute atomic E-state index is 0.0247. The smallest absolute Gasteiger partial charge is 0.416 e. The molecule has 0 bridgehead atoms. The van der Waals surface area contributed by atoms with Crippen molar-refractivity contribution in [2.75, 3.05) is 35.2 Å². The molecule has 0 spiro atoms. The molecular weight excluding hydrogens is 544 g/mol. The van der Waals surface area contributed by atoms with Crippen LogP contribution in [0, 0.1) is 0 Å². The molecule has 0 aliphatic carbocycles. The molecule has 0 radical (unpaired) electrons. The SMILES string of the molecule is CCOc1ccccc1O[C@@H]1CCCN(c2cncc(NC(=O)Nc3cc(C(F)(F)F)cc(C(F)(F)F)c3)n2)C1. The van der Waals surface area contributed by atoms with Gasteiger partial charge in [-0.15, -0.1) is 0 Å². The molecule has 1 atom stereocenters. The second kappa shape index (κ2) is 11.9. The zero-order valence-corrected chi connectivity index (χ0v) is 21.1. The van der Waals surface area contributed by atoms with E-state index < -0.39 is 35.2 Å². The number of hydrogen-bond acceptors (Lipinski definition) is 6. The van der Waals surface area contributed by atoms with E-state index in [2.05, 4.69) is 15.3 Å². The van der Waals surface area contributed by atoms with Crippen molar-refractivity contribution in [3.05, 3.63) is 66.0 Å². The van der Waals surface area contributed by atoms with Crippen LogP contribution >= 0.6 is 0 Å². The first-order valence-corrected chi connectivity index (χ1v) is 12.3. The number of benzene rings is 2. The lowest BCUT2D eigenvalue weighted by molar-refractivity contribution is -0.143. The number of hydrogen-bond donors (Lipinski definition) is 2. The van der Waals surface area contributed by atoms with Crippen LogP contribution in [-0.4, -0.2) is 41.8 Å². The van der Waals surface area contributed by atoms with E-state index >= 15 is 0 Å². The fraction of sp³-hybridized carbons (Fsp3) is 0.346. The minimum atomic E-state index is -5.05. The van der Waals surface area contributed by atoms with Crippen LogP contribution < -0.4 is 25.0 Å². The van der Waals surface area contributed by atoms with Crippen LogP contribution in [0.3, 0.4) is 0 Å². The summed E-state index contributed by atoms with van der Waals surface area (Å²) in [5, 5.41) is 4.30. The zero-order chi connectivity index (χ0) is 28.9. The van der Waals surface area contributed by atoms with E-state index in [1.54, 1.807) is 0 Å². The van der Waals surface area contributed by atoms with E-state index in [1.165, 1.54) is 12.4 Å². The van der Waals surface area contributed by atoms with E-state index in [-0.39, 0.29) is 18.0 Å². The number of alkyl halides is 6. The predicted octanol–water partition coefficient (Wildman–Crippen LogP) is 6.60. The topological polar surface area (TPSA) is 88.6 Å². The number of anilines is 3. The molecule has 0 unspecified atom stereocenters. The van der Waals surface area contributed by atoms with Gasteiger partial charge in [0.05, 0.1) is 36.7 Å². The molecule has 1 saturated heterocycles. The Morgan fingerprint density at radius 1 is 1.00 bits per heavy atom. The van der Waals surface area contributed by atoms with Crippen LogP contribution in [0.2, 0.25) is 0 Å². The van der Waals surface area contributed by atoms with Gasteiger partial charge in [0.1, 0.15) is 11.9 Å². The highest BCUT2D eigenvalue weighted by molar-refractivity contribution is 5.99. The van der Waals surface area contributed by atoms with Gasteiger partial charge in [-0.05, 0) is 50.1 Å². The van der Waals surface area contributed by atoms with Crippen molar-refractivity contribution >= 4 is 23.4 Å². The predicted molar refractivity (Wildman–Crippen MR) is 135 cm³/mol. The van der Waals surface area contributed by atoms with Crippen LogP contribution in [0.4, 0.5) is 48.5 Å². The largest absolute Gasteiger partial charge is 0.490 e. The maximum absolute atomic E-state index is 13.1. The number of ether oxygens (including phenoxy) is 2. The number of urea groups is 1. The summed E-state index contributed by atoms with van der Waals surface area (Å²) in [4.78, 5) is 22.7. The Kier molecular flexibility index (Phi) is 8.55. The molecule has 2 N–H and O–H groups in total. The van der Waals surface area contributed by atoms with Crippen molar-refractivity contribution in [2.45, 2.75) is 38.2 Å². The van der Waals surface area contributed by atoms with E-state index in [4.69, 9.17) is 9.47 Å². The molecule has 3 aromatic rings. The third-order valence-corrected chi connectivity index (χ3v) is 5.85. The Balaban J connectivity index is 1.43. The normalized spacial score (nSPS) is 15.9. The summed E-state index contributed by atoms with van der Waals surface area (Å²) in [5.41, 5.74) is -3.79. The van der Waals surface area contributed by atoms with Crippen LogP contribution in [0.5, 0.6) is 11.5 Å². The van der Waals surface area contributed by atoms with Gasteiger partial charge in [0.15, 0.2) is 17.3 Å². The van der Waals surface area contributed by atoms with Gasteiger partial charge < -0.3 is 19.7 Å². The number of rotatable bonds is 7. The third-order valence-electron chi connectivity index (χ3n) is 5.85. The molecule has 0 saturated carbocycles. The Morgan fingerprint density at radius 3 is 2.33 bits per heavy atom. The molecule has 1 aliphatic rings. The summed E-state index contributed by atoms with van der Waals surface area (Å²) in [7, 11) is 0. The maximum Gasteiger partial charge on any atom is 0.416 e. The van der Waals surface area contributed by atoms with Crippen molar-refractivity contribution in [3.8, 4) is 11.5 Å². The molecule has 14 heteroatoms. The Labute approximate surface area is 225 Å². The second-order valence-electron chi connectivity index (χ2n) is 8.84. The number of piperidine rings is 1. The number of carbonyl (C=O) groups excluding carboxylic acids is 1. The molecular formula is C26H25F6N5O3. The summed E-state index contributed by atoms with van der Waals surface area (Å²) in [6.07, 6.45) is -6.06. The van der Waals surface area contributed by atoms with Gasteiger partial charge in [-0.2, -0.15) is 26.3 Å². The molecule has 1 aromatic heterocycles. The van der Waals surface area contributed by atoms with E-state index in [1.807, 2.05) is 41.4 Å². The second-order valence-corrected chi connectivity index (χ2v) is 8.84. The molecule has 214 valence electrons. The Morgan fingerprint density at radius 2 is 1.68 bits per heavy atom. The summed E-state index contributed by atoms with van der Waals surface area (Å²) in [5.74, 6) is 1.59. The number of nitrogens with one attached hydrogen (secondary N) is 2. The average molecular weight is 570 g/mol. The minimum Gasteiger partial charge on any atom is -0.490 e. The number of para-hydroxylation sites is 2. The van der Waals surface area contributed by atoms with Crippen molar-refractivity contribution in [1.29, 1.82) is 0 Å². The van der Waals surface area contributed by atoms with Gasteiger partial charge in [-0.1, -0.05) is 12.1 Å². The van der Waals surface area contributed by atoms with Gasteiger partial charge in [-0.25, -0.2) is 9.78 Å². The number of carbonyl (C=O) groups is 1. The first-order chi connectivity index (χ1) is 18.9. The highest BCUT2D eigenvalue weighted by Gasteiger charge is 2.37. The van der Waals surface area contributed by atoms with E-state index in [0.717, 1.165) is 12.8 Å². The van der Waals surface area contributed by atoms with Gasteiger partial charge >= 0.3 is 18.4 Å². The molecule has 8 nitrogen and oxygen atoms in total. The lowest BCUT2D eigenvalue weighted by Gasteiger charge is -2.33. The van der Waals surface area contributed by atoms with Crippen molar-refractivity contribution in [2.24, 2.45) is 0 Å². The van der Waals surface area contributed by atoms with Crippen LogP contribution in [-0.2, 0) is 12.4 Å². The van der Waals surface area contributed by atoms with Crippen molar-refractivity contribution in [3.63, 3.8) is 0 Å². The van der Waals surface area contributed by atoms with E-state index in [9.17, 15) is 31.1 Å². The number of aromatic nitrogens is 2. The first-order valence-electron chi connectivity index (χ1n) is 12.3. The lowest BCUT2D eigenvalue weighted by atomic mass is 10.1. The molecule has 1 fully saturated rings. The van der Waals surface area contributed by atoms with Crippen molar-refractivity contribution in [1.82, 2.24) is 9.97 Å². The zero-order valence-electron chi connectivity index (χ0n) is 21.1. The van der Waals surface area contributed by atoms with Crippen LogP contribution in [0.1, 0.15) is 30.9 Å². The van der Waals surface area contributed by atoms with Crippen LogP contribution in [0.15, 0.2) is 54.9 Å².